The number of aliphatic hydroxyl groups excluding tert-OH is 1. The zero-order valence-corrected chi connectivity index (χ0v) is 15.4. The van der Waals surface area contributed by atoms with Gasteiger partial charge in [-0.1, -0.05) is 37.8 Å². The summed E-state index contributed by atoms with van der Waals surface area (Å²) in [6.07, 6.45) is 0.822. The number of ether oxygens (including phenoxy) is 1. The van der Waals surface area contributed by atoms with E-state index in [0.717, 1.165) is 17.7 Å². The molecule has 0 aliphatic carbocycles. The molecule has 0 spiro atoms. The molecule has 0 unspecified atom stereocenters. The zero-order valence-electron chi connectivity index (χ0n) is 15.4. The molecule has 0 atom stereocenters. The number of phenols is 1. The highest BCUT2D eigenvalue weighted by Gasteiger charge is 2.10. The molecule has 0 fully saturated rings. The fourth-order valence-corrected chi connectivity index (χ4v) is 2.92. The smallest absolute Gasteiger partial charge is 0.149 e. The summed E-state index contributed by atoms with van der Waals surface area (Å²) in [7, 11) is 0. The maximum atomic E-state index is 9.99. The molecule has 3 heteroatoms. The lowest BCUT2D eigenvalue weighted by atomic mass is 9.93. The van der Waals surface area contributed by atoms with Crippen LogP contribution in [0, 0.1) is 25.7 Å². The highest BCUT2D eigenvalue weighted by atomic mass is 16.5. The second kappa shape index (κ2) is 8.60. The van der Waals surface area contributed by atoms with Gasteiger partial charge in [-0.05, 0) is 72.2 Å². The molecule has 2 N–H and O–H groups in total. The van der Waals surface area contributed by atoms with Crippen molar-refractivity contribution in [2.75, 3.05) is 13.2 Å². The van der Waals surface area contributed by atoms with Crippen molar-refractivity contribution in [2.45, 2.75) is 40.0 Å². The minimum atomic E-state index is -0.147. The van der Waals surface area contributed by atoms with Gasteiger partial charge in [0, 0.05) is 0 Å². The maximum absolute atomic E-state index is 9.99. The Morgan fingerprint density at radius 3 is 2.32 bits per heavy atom. The predicted molar refractivity (Wildman–Crippen MR) is 101 cm³/mol. The molecule has 2 aromatic carbocycles. The molecule has 0 aliphatic heterocycles. The van der Waals surface area contributed by atoms with Crippen molar-refractivity contribution in [2.24, 2.45) is 0 Å². The van der Waals surface area contributed by atoms with E-state index in [4.69, 9.17) is 9.84 Å². The first-order chi connectivity index (χ1) is 11.9. The Kier molecular flexibility index (Phi) is 6.50. The number of aliphatic hydroxyl groups is 1. The van der Waals surface area contributed by atoms with Gasteiger partial charge in [0.05, 0.1) is 0 Å². The Balaban J connectivity index is 2.21. The number of aromatic hydroxyl groups is 1. The van der Waals surface area contributed by atoms with Gasteiger partial charge in [0.2, 0.25) is 0 Å². The van der Waals surface area contributed by atoms with Crippen LogP contribution in [-0.4, -0.2) is 23.4 Å². The Morgan fingerprint density at radius 1 is 1.04 bits per heavy atom. The summed E-state index contributed by atoms with van der Waals surface area (Å²) in [5.41, 5.74) is 5.79. The molecule has 0 radical (unpaired) electrons. The molecule has 2 rings (SSSR count). The first kappa shape index (κ1) is 18.9. The van der Waals surface area contributed by atoms with E-state index < -0.39 is 0 Å². The molecule has 0 heterocycles. The largest absolute Gasteiger partial charge is 0.508 e. The Hall–Kier alpha value is -2.44. The van der Waals surface area contributed by atoms with Gasteiger partial charge in [0.15, 0.2) is 0 Å². The van der Waals surface area contributed by atoms with Crippen LogP contribution in [0.1, 0.15) is 47.6 Å². The quantitative estimate of drug-likeness (QED) is 0.807. The highest BCUT2D eigenvalue weighted by molar-refractivity contribution is 5.46. The molecule has 0 amide bonds. The molecule has 0 saturated carbocycles. The van der Waals surface area contributed by atoms with Gasteiger partial charge in [-0.2, -0.15) is 0 Å². The fraction of sp³-hybridized carbons (Fsp3) is 0.364. The van der Waals surface area contributed by atoms with Crippen LogP contribution in [0.3, 0.4) is 0 Å². The molecular formula is C22H26O3. The summed E-state index contributed by atoms with van der Waals surface area (Å²) in [5, 5.41) is 18.6. The highest BCUT2D eigenvalue weighted by Crippen LogP contribution is 2.29. The lowest BCUT2D eigenvalue weighted by molar-refractivity contribution is 0.347. The van der Waals surface area contributed by atoms with Gasteiger partial charge < -0.3 is 14.9 Å². The number of benzene rings is 2. The number of hydrogen-bond acceptors (Lipinski definition) is 3. The monoisotopic (exact) mass is 338 g/mol. The minimum absolute atomic E-state index is 0.147. The first-order valence-electron chi connectivity index (χ1n) is 8.53. The van der Waals surface area contributed by atoms with E-state index in [1.54, 1.807) is 6.07 Å². The lowest BCUT2D eigenvalue weighted by Gasteiger charge is -2.15. The molecule has 25 heavy (non-hydrogen) atoms. The van der Waals surface area contributed by atoms with Crippen molar-refractivity contribution >= 4 is 0 Å². The number of aryl methyl sites for hydroxylation is 2. The number of rotatable bonds is 5. The third kappa shape index (κ3) is 5.01. The average molecular weight is 338 g/mol. The van der Waals surface area contributed by atoms with Crippen LogP contribution in [-0.2, 0) is 6.42 Å². The van der Waals surface area contributed by atoms with E-state index in [-0.39, 0.29) is 19.1 Å². The third-order valence-electron chi connectivity index (χ3n) is 4.28. The van der Waals surface area contributed by atoms with Crippen LogP contribution in [0.4, 0.5) is 0 Å². The van der Waals surface area contributed by atoms with Crippen LogP contribution in [0.25, 0.3) is 0 Å². The van der Waals surface area contributed by atoms with Crippen molar-refractivity contribution in [1.29, 1.82) is 0 Å². The molecule has 0 aliphatic rings. The SMILES string of the molecule is Cc1cc(OCC#CCO)cc(C)c1Cc1ccc(O)c(C(C)C)c1. The van der Waals surface area contributed by atoms with Crippen molar-refractivity contribution in [3.8, 4) is 23.3 Å². The second-order valence-corrected chi connectivity index (χ2v) is 6.56. The van der Waals surface area contributed by atoms with Crippen LogP contribution < -0.4 is 4.74 Å². The van der Waals surface area contributed by atoms with Crippen LogP contribution in [0.2, 0.25) is 0 Å². The number of hydrogen-bond donors (Lipinski definition) is 2. The van der Waals surface area contributed by atoms with Gasteiger partial charge in [0.25, 0.3) is 0 Å². The summed E-state index contributed by atoms with van der Waals surface area (Å²) in [6, 6.07) is 9.90. The minimum Gasteiger partial charge on any atom is -0.508 e. The van der Waals surface area contributed by atoms with Crippen LogP contribution >= 0.6 is 0 Å². The maximum Gasteiger partial charge on any atom is 0.149 e. The normalized spacial score (nSPS) is 10.5. The van der Waals surface area contributed by atoms with Crippen molar-refractivity contribution in [1.82, 2.24) is 0 Å². The van der Waals surface area contributed by atoms with Crippen molar-refractivity contribution in [3.63, 3.8) is 0 Å². The van der Waals surface area contributed by atoms with Gasteiger partial charge >= 0.3 is 0 Å². The third-order valence-corrected chi connectivity index (χ3v) is 4.28. The summed E-state index contributed by atoms with van der Waals surface area (Å²) in [5.74, 6) is 6.77. The Labute approximate surface area is 150 Å². The van der Waals surface area contributed by atoms with Gasteiger partial charge in [-0.15, -0.1) is 0 Å². The van der Waals surface area contributed by atoms with E-state index >= 15 is 0 Å². The van der Waals surface area contributed by atoms with Gasteiger partial charge in [0.1, 0.15) is 24.7 Å². The molecule has 3 nitrogen and oxygen atoms in total. The first-order valence-corrected chi connectivity index (χ1v) is 8.53. The van der Waals surface area contributed by atoms with Crippen molar-refractivity contribution in [3.05, 3.63) is 58.1 Å². The Bertz CT molecular complexity index is 772. The zero-order chi connectivity index (χ0) is 18.4. The molecule has 0 saturated heterocycles. The average Bonchev–Trinajstić information content (AvgIpc) is 2.56. The summed E-state index contributed by atoms with van der Waals surface area (Å²) >= 11 is 0. The van der Waals surface area contributed by atoms with Crippen LogP contribution in [0.5, 0.6) is 11.5 Å². The van der Waals surface area contributed by atoms with E-state index in [1.165, 1.54) is 22.3 Å². The molecular weight excluding hydrogens is 312 g/mol. The predicted octanol–water partition coefficient (Wildman–Crippen LogP) is 4.10. The lowest BCUT2D eigenvalue weighted by Crippen LogP contribution is -2.00. The van der Waals surface area contributed by atoms with Crippen molar-refractivity contribution < 1.29 is 14.9 Å². The van der Waals surface area contributed by atoms with Crippen LogP contribution in [0.15, 0.2) is 30.3 Å². The van der Waals surface area contributed by atoms with E-state index in [1.807, 2.05) is 18.2 Å². The molecule has 2 aromatic rings. The van der Waals surface area contributed by atoms with E-state index in [9.17, 15) is 5.11 Å². The summed E-state index contributed by atoms with van der Waals surface area (Å²) in [4.78, 5) is 0. The summed E-state index contributed by atoms with van der Waals surface area (Å²) in [6.45, 7) is 8.46. The van der Waals surface area contributed by atoms with Gasteiger partial charge in [-0.25, -0.2) is 0 Å². The summed E-state index contributed by atoms with van der Waals surface area (Å²) < 4.78 is 5.62. The molecule has 132 valence electrons. The molecule has 0 aromatic heterocycles. The van der Waals surface area contributed by atoms with Gasteiger partial charge in [-0.3, -0.25) is 0 Å². The molecule has 0 bridgehead atoms. The topological polar surface area (TPSA) is 49.7 Å². The van der Waals surface area contributed by atoms with E-state index in [0.29, 0.717) is 5.75 Å². The van der Waals surface area contributed by atoms with E-state index in [2.05, 4.69) is 45.6 Å². The second-order valence-electron chi connectivity index (χ2n) is 6.56. The number of phenolic OH excluding ortho intramolecular Hbond substituents is 1. The Morgan fingerprint density at radius 2 is 1.72 bits per heavy atom. The standard InChI is InChI=1S/C22H26O3/c1-15(2)20-13-18(7-8-22(20)24)14-21-16(3)11-19(12-17(21)4)25-10-6-5-9-23/h7-8,11-13,15,23-24H,9-10,14H2,1-4H3. The fourth-order valence-electron chi connectivity index (χ4n) is 2.92.